The van der Waals surface area contributed by atoms with Crippen molar-refractivity contribution in [2.24, 2.45) is 5.92 Å². The summed E-state index contributed by atoms with van der Waals surface area (Å²) >= 11 is 0. The Bertz CT molecular complexity index is 677. The summed E-state index contributed by atoms with van der Waals surface area (Å²) < 4.78 is 0. The van der Waals surface area contributed by atoms with Crippen molar-refractivity contribution in [3.63, 3.8) is 0 Å². The number of aliphatic hydroxyl groups is 1. The fourth-order valence-corrected chi connectivity index (χ4v) is 5.18. The highest BCUT2D eigenvalue weighted by Crippen LogP contribution is 2.30. The second-order valence-corrected chi connectivity index (χ2v) is 9.19. The zero-order chi connectivity index (χ0) is 19.5. The van der Waals surface area contributed by atoms with Gasteiger partial charge in [0.15, 0.2) is 0 Å². The van der Waals surface area contributed by atoms with Crippen LogP contribution < -0.4 is 0 Å². The van der Waals surface area contributed by atoms with Crippen molar-refractivity contribution in [1.29, 1.82) is 0 Å². The minimum atomic E-state index is -0.359. The molecule has 4 nitrogen and oxygen atoms in total. The van der Waals surface area contributed by atoms with Gasteiger partial charge in [0.1, 0.15) is 0 Å². The molecule has 4 rings (SSSR count). The molecule has 2 aliphatic heterocycles. The number of likely N-dealkylation sites (tertiary alicyclic amines) is 1. The van der Waals surface area contributed by atoms with E-state index in [0.717, 1.165) is 63.2 Å². The number of carbonyl (C=O) groups is 1. The minimum absolute atomic E-state index is 0.194. The maximum absolute atomic E-state index is 11.5. The van der Waals surface area contributed by atoms with Gasteiger partial charge in [0.2, 0.25) is 5.91 Å². The Morgan fingerprint density at radius 1 is 1.07 bits per heavy atom. The molecule has 1 aliphatic carbocycles. The fourth-order valence-electron chi connectivity index (χ4n) is 5.18. The number of amides is 1. The molecule has 1 unspecified atom stereocenters. The largest absolute Gasteiger partial charge is 0.388 e. The molecule has 1 amide bonds. The summed E-state index contributed by atoms with van der Waals surface area (Å²) in [7, 11) is 0. The number of fused-ring (bicyclic) bond motifs is 1. The second kappa shape index (κ2) is 8.96. The summed E-state index contributed by atoms with van der Waals surface area (Å²) in [5.41, 5.74) is 4.03. The van der Waals surface area contributed by atoms with Crippen LogP contribution in [0, 0.1) is 5.92 Å². The Kier molecular flexibility index (Phi) is 6.37. The number of nitrogens with zero attached hydrogens (tertiary/aromatic N) is 2. The molecule has 28 heavy (non-hydrogen) atoms. The summed E-state index contributed by atoms with van der Waals surface area (Å²) in [6.07, 6.45) is 10.1. The van der Waals surface area contributed by atoms with Crippen LogP contribution in [-0.4, -0.2) is 53.0 Å². The first-order valence-corrected chi connectivity index (χ1v) is 11.4. The quantitative estimate of drug-likeness (QED) is 0.842. The van der Waals surface area contributed by atoms with E-state index < -0.39 is 0 Å². The van der Waals surface area contributed by atoms with E-state index in [0.29, 0.717) is 5.92 Å². The third kappa shape index (κ3) is 4.60. The van der Waals surface area contributed by atoms with Crippen LogP contribution in [-0.2, 0) is 17.6 Å². The van der Waals surface area contributed by atoms with Gasteiger partial charge in [-0.05, 0) is 74.0 Å². The number of rotatable bonds is 5. The van der Waals surface area contributed by atoms with Crippen LogP contribution in [0.25, 0.3) is 0 Å². The van der Waals surface area contributed by atoms with E-state index >= 15 is 0 Å². The first-order valence-electron chi connectivity index (χ1n) is 11.4. The lowest BCUT2D eigenvalue weighted by Crippen LogP contribution is -2.41. The molecule has 4 heteroatoms. The molecule has 1 saturated carbocycles. The molecule has 0 spiro atoms. The van der Waals surface area contributed by atoms with Crippen molar-refractivity contribution in [2.45, 2.75) is 76.9 Å². The molecule has 2 heterocycles. The predicted molar refractivity (Wildman–Crippen MR) is 112 cm³/mol. The summed E-state index contributed by atoms with van der Waals surface area (Å²) in [6.45, 7) is 5.79. The molecule has 3 aliphatic rings. The van der Waals surface area contributed by atoms with Crippen LogP contribution in [0.5, 0.6) is 0 Å². The SMILES string of the molecule is CC(=O)N1CCC(CCC(O)c2ccc3c(c2)CCN(C2CCC2)CC3)CC1. The molecule has 1 N–H and O–H groups in total. The zero-order valence-corrected chi connectivity index (χ0v) is 17.4. The molecule has 0 radical (unpaired) electrons. The average Bonchev–Trinajstić information content (AvgIpc) is 2.87. The normalized spacial score (nSPS) is 23.0. The summed E-state index contributed by atoms with van der Waals surface area (Å²) in [5, 5.41) is 10.8. The van der Waals surface area contributed by atoms with Gasteiger partial charge in [0.25, 0.3) is 0 Å². The van der Waals surface area contributed by atoms with E-state index in [9.17, 15) is 9.90 Å². The highest BCUT2D eigenvalue weighted by molar-refractivity contribution is 5.73. The molecular formula is C24H36N2O2. The maximum Gasteiger partial charge on any atom is 0.219 e. The van der Waals surface area contributed by atoms with E-state index in [1.165, 1.54) is 43.5 Å². The van der Waals surface area contributed by atoms with E-state index in [1.807, 2.05) is 4.90 Å². The summed E-state index contributed by atoms with van der Waals surface area (Å²) in [4.78, 5) is 16.1. The standard InChI is InChI=1S/C24H36N2O2/c1-18(27)25-13-9-19(10-14-25)5-8-24(28)22-7-6-20-11-15-26(23-3-2-4-23)16-12-21(20)17-22/h6-7,17,19,23-24,28H,2-5,8-16H2,1H3. The van der Waals surface area contributed by atoms with Crippen molar-refractivity contribution >= 4 is 5.91 Å². The number of hydrogen-bond acceptors (Lipinski definition) is 3. The van der Waals surface area contributed by atoms with E-state index in [-0.39, 0.29) is 12.0 Å². The van der Waals surface area contributed by atoms with Gasteiger partial charge in [0.05, 0.1) is 6.10 Å². The Balaban J connectivity index is 1.29. The highest BCUT2D eigenvalue weighted by atomic mass is 16.3. The van der Waals surface area contributed by atoms with Crippen LogP contribution in [0.1, 0.15) is 74.7 Å². The molecule has 1 saturated heterocycles. The van der Waals surface area contributed by atoms with Gasteiger partial charge in [-0.3, -0.25) is 9.69 Å². The van der Waals surface area contributed by atoms with E-state index in [4.69, 9.17) is 0 Å². The lowest BCUT2D eigenvalue weighted by Gasteiger charge is -2.36. The molecule has 1 atom stereocenters. The molecule has 0 bridgehead atoms. The number of aliphatic hydroxyl groups excluding tert-OH is 1. The molecular weight excluding hydrogens is 348 g/mol. The van der Waals surface area contributed by atoms with Crippen LogP contribution in [0.15, 0.2) is 18.2 Å². The smallest absolute Gasteiger partial charge is 0.219 e. The Morgan fingerprint density at radius 3 is 2.43 bits per heavy atom. The van der Waals surface area contributed by atoms with Crippen LogP contribution in [0.3, 0.4) is 0 Å². The number of hydrogen-bond donors (Lipinski definition) is 1. The number of carbonyl (C=O) groups excluding carboxylic acids is 1. The Labute approximate surface area is 169 Å². The topological polar surface area (TPSA) is 43.8 Å². The second-order valence-electron chi connectivity index (χ2n) is 9.19. The van der Waals surface area contributed by atoms with Crippen molar-refractivity contribution in [2.75, 3.05) is 26.2 Å². The third-order valence-corrected chi connectivity index (χ3v) is 7.45. The van der Waals surface area contributed by atoms with Crippen molar-refractivity contribution in [3.8, 4) is 0 Å². The van der Waals surface area contributed by atoms with Gasteiger partial charge < -0.3 is 10.0 Å². The Hall–Kier alpha value is -1.39. The lowest BCUT2D eigenvalue weighted by atomic mass is 9.89. The molecule has 2 fully saturated rings. The lowest BCUT2D eigenvalue weighted by molar-refractivity contribution is -0.130. The van der Waals surface area contributed by atoms with Gasteiger partial charge in [-0.15, -0.1) is 0 Å². The van der Waals surface area contributed by atoms with Crippen LogP contribution in [0.4, 0.5) is 0 Å². The van der Waals surface area contributed by atoms with Gasteiger partial charge in [-0.2, -0.15) is 0 Å². The van der Waals surface area contributed by atoms with Gasteiger partial charge in [0, 0.05) is 39.1 Å². The third-order valence-electron chi connectivity index (χ3n) is 7.45. The van der Waals surface area contributed by atoms with Crippen molar-refractivity contribution < 1.29 is 9.90 Å². The predicted octanol–water partition coefficient (Wildman–Crippen LogP) is 3.71. The fraction of sp³-hybridized carbons (Fsp3) is 0.708. The van der Waals surface area contributed by atoms with Gasteiger partial charge >= 0.3 is 0 Å². The number of benzene rings is 1. The van der Waals surface area contributed by atoms with Gasteiger partial charge in [-0.25, -0.2) is 0 Å². The summed E-state index contributed by atoms with van der Waals surface area (Å²) in [6, 6.07) is 7.53. The molecule has 1 aromatic carbocycles. The van der Waals surface area contributed by atoms with Crippen LogP contribution >= 0.6 is 0 Å². The van der Waals surface area contributed by atoms with E-state index in [1.54, 1.807) is 6.92 Å². The van der Waals surface area contributed by atoms with E-state index in [2.05, 4.69) is 23.1 Å². The highest BCUT2D eigenvalue weighted by Gasteiger charge is 2.27. The molecule has 154 valence electrons. The summed E-state index contributed by atoms with van der Waals surface area (Å²) in [5.74, 6) is 0.835. The van der Waals surface area contributed by atoms with Crippen molar-refractivity contribution in [3.05, 3.63) is 34.9 Å². The first kappa shape index (κ1) is 19.9. The minimum Gasteiger partial charge on any atom is -0.388 e. The molecule has 0 aromatic heterocycles. The monoisotopic (exact) mass is 384 g/mol. The number of piperidine rings is 1. The Morgan fingerprint density at radius 2 is 1.79 bits per heavy atom. The first-order chi connectivity index (χ1) is 13.6. The zero-order valence-electron chi connectivity index (χ0n) is 17.4. The van der Waals surface area contributed by atoms with Crippen LogP contribution in [0.2, 0.25) is 0 Å². The van der Waals surface area contributed by atoms with Gasteiger partial charge in [-0.1, -0.05) is 24.6 Å². The average molecular weight is 385 g/mol. The maximum atomic E-state index is 11.5. The molecule has 1 aromatic rings. The van der Waals surface area contributed by atoms with Crippen molar-refractivity contribution in [1.82, 2.24) is 9.80 Å².